The predicted octanol–water partition coefficient (Wildman–Crippen LogP) is 1.14. The molecule has 0 saturated carbocycles. The van der Waals surface area contributed by atoms with Crippen molar-refractivity contribution in [3.63, 3.8) is 0 Å². The number of nitrogens with zero attached hydrogens (tertiary/aromatic N) is 2. The van der Waals surface area contributed by atoms with Gasteiger partial charge in [0.25, 0.3) is 5.69 Å². The topological polar surface area (TPSA) is 101 Å². The van der Waals surface area contributed by atoms with E-state index in [0.29, 0.717) is 0 Å². The Bertz CT molecular complexity index is 780. The van der Waals surface area contributed by atoms with E-state index in [1.165, 1.54) is 25.3 Å². The number of rotatable bonds is 4. The van der Waals surface area contributed by atoms with E-state index >= 15 is 0 Å². The van der Waals surface area contributed by atoms with Crippen LogP contribution in [0.15, 0.2) is 29.2 Å². The molecule has 0 spiro atoms. The molecule has 2 aromatic rings. The Labute approximate surface area is 118 Å². The molecule has 0 unspecified atom stereocenters. The smallest absolute Gasteiger partial charge is 0.343 e. The SMILES string of the molecule is CCOC(=O)c1cn(OC)c2cccc([N+](=O)[O-])c2c1=O. The fourth-order valence-corrected chi connectivity index (χ4v) is 1.98. The number of benzene rings is 1. The number of hydrogen-bond donors (Lipinski definition) is 0. The summed E-state index contributed by atoms with van der Waals surface area (Å²) in [6, 6.07) is 4.11. The second-order valence-corrected chi connectivity index (χ2v) is 4.03. The molecule has 2 rings (SSSR count). The maximum atomic E-state index is 12.4. The van der Waals surface area contributed by atoms with Crippen LogP contribution < -0.4 is 10.3 Å². The molecular formula is C13H12N2O6. The first-order chi connectivity index (χ1) is 10.0. The van der Waals surface area contributed by atoms with Crippen LogP contribution >= 0.6 is 0 Å². The number of esters is 1. The van der Waals surface area contributed by atoms with E-state index < -0.39 is 22.0 Å². The van der Waals surface area contributed by atoms with Gasteiger partial charge < -0.3 is 9.57 Å². The third-order valence-electron chi connectivity index (χ3n) is 2.86. The monoisotopic (exact) mass is 292 g/mol. The Morgan fingerprint density at radius 2 is 2.14 bits per heavy atom. The van der Waals surface area contributed by atoms with E-state index in [4.69, 9.17) is 9.57 Å². The number of pyridine rings is 1. The maximum absolute atomic E-state index is 12.4. The summed E-state index contributed by atoms with van der Waals surface area (Å²) >= 11 is 0. The molecule has 0 N–H and O–H groups in total. The lowest BCUT2D eigenvalue weighted by molar-refractivity contribution is -0.383. The zero-order valence-electron chi connectivity index (χ0n) is 11.4. The molecule has 1 aromatic heterocycles. The molecule has 1 heterocycles. The highest BCUT2D eigenvalue weighted by Crippen LogP contribution is 2.22. The zero-order valence-corrected chi connectivity index (χ0v) is 11.4. The van der Waals surface area contributed by atoms with Crippen LogP contribution in [0, 0.1) is 10.1 Å². The highest BCUT2D eigenvalue weighted by Gasteiger charge is 2.23. The van der Waals surface area contributed by atoms with E-state index in [9.17, 15) is 19.7 Å². The summed E-state index contributed by atoms with van der Waals surface area (Å²) in [5.74, 6) is -0.853. The number of non-ortho nitro benzene ring substituents is 1. The van der Waals surface area contributed by atoms with Gasteiger partial charge in [0.2, 0.25) is 5.43 Å². The van der Waals surface area contributed by atoms with Crippen LogP contribution in [0.4, 0.5) is 5.69 Å². The van der Waals surface area contributed by atoms with Crippen molar-refractivity contribution in [2.45, 2.75) is 6.92 Å². The highest BCUT2D eigenvalue weighted by atomic mass is 16.6. The standard InChI is InChI=1S/C13H12N2O6/c1-3-21-13(17)8-7-14(20-2)9-5-4-6-10(15(18)19)11(9)12(8)16/h4-7H,3H2,1-2H3. The lowest BCUT2D eigenvalue weighted by Gasteiger charge is -2.11. The van der Waals surface area contributed by atoms with Crippen molar-refractivity contribution in [2.24, 2.45) is 0 Å². The zero-order chi connectivity index (χ0) is 15.6. The molecule has 110 valence electrons. The van der Waals surface area contributed by atoms with Gasteiger partial charge in [0, 0.05) is 6.07 Å². The maximum Gasteiger partial charge on any atom is 0.343 e. The average Bonchev–Trinajstić information content (AvgIpc) is 2.47. The van der Waals surface area contributed by atoms with Crippen LogP contribution in [0.2, 0.25) is 0 Å². The normalized spacial score (nSPS) is 10.4. The van der Waals surface area contributed by atoms with Crippen molar-refractivity contribution < 1.29 is 19.3 Å². The molecule has 0 amide bonds. The van der Waals surface area contributed by atoms with Crippen LogP contribution in [0.3, 0.4) is 0 Å². The minimum atomic E-state index is -0.853. The van der Waals surface area contributed by atoms with Crippen LogP contribution in [-0.2, 0) is 4.74 Å². The number of hydrogen-bond acceptors (Lipinski definition) is 6. The third-order valence-corrected chi connectivity index (χ3v) is 2.86. The van der Waals surface area contributed by atoms with Crippen molar-refractivity contribution in [3.8, 4) is 0 Å². The van der Waals surface area contributed by atoms with Crippen molar-refractivity contribution >= 4 is 22.6 Å². The Kier molecular flexibility index (Phi) is 3.88. The van der Waals surface area contributed by atoms with Crippen LogP contribution in [0.1, 0.15) is 17.3 Å². The van der Waals surface area contributed by atoms with Gasteiger partial charge in [-0.3, -0.25) is 14.9 Å². The summed E-state index contributed by atoms with van der Waals surface area (Å²) in [5.41, 5.74) is -1.27. The number of carbonyl (C=O) groups excluding carboxylic acids is 1. The third kappa shape index (κ3) is 2.42. The Hall–Kier alpha value is -2.90. The van der Waals surface area contributed by atoms with Crippen molar-refractivity contribution in [1.82, 2.24) is 4.73 Å². The first kappa shape index (κ1) is 14.5. The van der Waals surface area contributed by atoms with E-state index in [-0.39, 0.29) is 23.1 Å². The van der Waals surface area contributed by atoms with Gasteiger partial charge in [-0.1, -0.05) is 6.07 Å². The van der Waals surface area contributed by atoms with Crippen molar-refractivity contribution in [2.75, 3.05) is 13.7 Å². The van der Waals surface area contributed by atoms with Crippen LogP contribution in [0.5, 0.6) is 0 Å². The molecule has 1 aromatic carbocycles. The molecule has 0 aliphatic carbocycles. The quantitative estimate of drug-likeness (QED) is 0.476. The van der Waals surface area contributed by atoms with E-state index in [2.05, 4.69) is 0 Å². The van der Waals surface area contributed by atoms with Gasteiger partial charge in [-0.2, -0.15) is 4.73 Å². The highest BCUT2D eigenvalue weighted by molar-refractivity contribution is 5.96. The Morgan fingerprint density at radius 1 is 1.43 bits per heavy atom. The fourth-order valence-electron chi connectivity index (χ4n) is 1.98. The molecule has 8 heteroatoms. The van der Waals surface area contributed by atoms with Crippen molar-refractivity contribution in [3.05, 3.63) is 50.3 Å². The second-order valence-electron chi connectivity index (χ2n) is 4.03. The van der Waals surface area contributed by atoms with Gasteiger partial charge in [-0.05, 0) is 13.0 Å². The van der Waals surface area contributed by atoms with Gasteiger partial charge in [0.1, 0.15) is 18.1 Å². The molecule has 0 bridgehead atoms. The van der Waals surface area contributed by atoms with Gasteiger partial charge in [-0.15, -0.1) is 0 Å². The predicted molar refractivity (Wildman–Crippen MR) is 73.3 cm³/mol. The number of aromatic nitrogens is 1. The summed E-state index contributed by atoms with van der Waals surface area (Å²) in [4.78, 5) is 39.6. The molecule has 0 aliphatic rings. The minimum Gasteiger partial charge on any atom is -0.462 e. The van der Waals surface area contributed by atoms with Crippen molar-refractivity contribution in [1.29, 1.82) is 0 Å². The molecule has 0 aliphatic heterocycles. The fraction of sp³-hybridized carbons (Fsp3) is 0.231. The molecular weight excluding hydrogens is 280 g/mol. The van der Waals surface area contributed by atoms with Gasteiger partial charge in [0.15, 0.2) is 0 Å². The minimum absolute atomic E-state index is 0.0835. The Balaban J connectivity index is 2.89. The molecule has 0 fully saturated rings. The first-order valence-electron chi connectivity index (χ1n) is 6.05. The summed E-state index contributed by atoms with van der Waals surface area (Å²) < 4.78 is 5.90. The second kappa shape index (κ2) is 5.61. The summed E-state index contributed by atoms with van der Waals surface area (Å²) in [5, 5.41) is 10.9. The molecule has 0 atom stereocenters. The van der Waals surface area contributed by atoms with E-state index in [0.717, 1.165) is 10.9 Å². The number of nitro benzene ring substituents is 1. The molecule has 8 nitrogen and oxygen atoms in total. The van der Waals surface area contributed by atoms with E-state index in [1.807, 2.05) is 0 Å². The van der Waals surface area contributed by atoms with Gasteiger partial charge in [0.05, 0.1) is 23.2 Å². The average molecular weight is 292 g/mol. The molecule has 21 heavy (non-hydrogen) atoms. The summed E-state index contributed by atoms with van der Waals surface area (Å²) in [6.45, 7) is 1.68. The van der Waals surface area contributed by atoms with Gasteiger partial charge >= 0.3 is 5.97 Å². The number of ether oxygens (including phenoxy) is 1. The first-order valence-corrected chi connectivity index (χ1v) is 6.05. The van der Waals surface area contributed by atoms with E-state index in [1.54, 1.807) is 6.92 Å². The summed E-state index contributed by atoms with van der Waals surface area (Å²) in [7, 11) is 1.32. The Morgan fingerprint density at radius 3 is 2.71 bits per heavy atom. The molecule has 0 radical (unpaired) electrons. The summed E-state index contributed by atoms with van der Waals surface area (Å²) in [6.07, 6.45) is 1.16. The van der Waals surface area contributed by atoms with Crippen LogP contribution in [0.25, 0.3) is 10.9 Å². The number of carbonyl (C=O) groups is 1. The lowest BCUT2D eigenvalue weighted by Crippen LogP contribution is -2.23. The number of fused-ring (bicyclic) bond motifs is 1. The molecule has 0 saturated heterocycles. The largest absolute Gasteiger partial charge is 0.462 e. The van der Waals surface area contributed by atoms with Gasteiger partial charge in [-0.25, -0.2) is 4.79 Å². The lowest BCUT2D eigenvalue weighted by atomic mass is 10.1. The van der Waals surface area contributed by atoms with Crippen LogP contribution in [-0.4, -0.2) is 29.3 Å². The number of nitro groups is 1.